The van der Waals surface area contributed by atoms with Crippen molar-refractivity contribution in [2.24, 2.45) is 0 Å². The van der Waals surface area contributed by atoms with Gasteiger partial charge in [0, 0.05) is 13.7 Å². The van der Waals surface area contributed by atoms with E-state index in [0.29, 0.717) is 28.9 Å². The highest BCUT2D eigenvalue weighted by Crippen LogP contribution is 2.22. The van der Waals surface area contributed by atoms with Crippen molar-refractivity contribution >= 4 is 28.3 Å². The molecule has 0 saturated heterocycles. The molecule has 0 atom stereocenters. The lowest BCUT2D eigenvalue weighted by atomic mass is 10.4. The van der Waals surface area contributed by atoms with Crippen LogP contribution in [0.4, 0.5) is 5.13 Å². The Balaban J connectivity index is 2.45. The van der Waals surface area contributed by atoms with Crippen molar-refractivity contribution in [2.75, 3.05) is 39.2 Å². The third-order valence-corrected chi connectivity index (χ3v) is 3.29. The highest BCUT2D eigenvalue weighted by Gasteiger charge is 2.15. The van der Waals surface area contributed by atoms with Crippen LogP contribution in [-0.4, -0.2) is 50.8 Å². The molecule has 1 rings (SSSR count). The summed E-state index contributed by atoms with van der Waals surface area (Å²) in [5, 5.41) is 6.04. The first kappa shape index (κ1) is 15.4. The summed E-state index contributed by atoms with van der Waals surface area (Å²) < 4.78 is 9.45. The van der Waals surface area contributed by atoms with E-state index < -0.39 is 5.97 Å². The number of hydrogen-bond donors (Lipinski definition) is 2. The van der Waals surface area contributed by atoms with Gasteiger partial charge in [0.15, 0.2) is 5.13 Å². The normalized spacial score (nSPS) is 10.1. The zero-order chi connectivity index (χ0) is 14.3. The van der Waals surface area contributed by atoms with Crippen molar-refractivity contribution in [3.05, 3.63) is 10.6 Å². The number of esters is 1. The van der Waals surface area contributed by atoms with Gasteiger partial charge in [-0.2, -0.15) is 0 Å². The van der Waals surface area contributed by atoms with Crippen LogP contribution in [0.2, 0.25) is 0 Å². The summed E-state index contributed by atoms with van der Waals surface area (Å²) in [5.74, 6) is -0.586. The van der Waals surface area contributed by atoms with Gasteiger partial charge in [-0.1, -0.05) is 11.3 Å². The van der Waals surface area contributed by atoms with Crippen LogP contribution in [0.5, 0.6) is 0 Å². The number of carbonyl (C=O) groups excluding carboxylic acids is 2. The molecule has 0 fully saturated rings. The summed E-state index contributed by atoms with van der Waals surface area (Å²) in [6, 6.07) is 0. The topological polar surface area (TPSA) is 89.5 Å². The second-order valence-corrected chi connectivity index (χ2v) is 4.62. The lowest BCUT2D eigenvalue weighted by molar-refractivity contribution is -0.119. The monoisotopic (exact) mass is 287 g/mol. The van der Waals surface area contributed by atoms with E-state index in [4.69, 9.17) is 4.74 Å². The largest absolute Gasteiger partial charge is 0.465 e. The molecule has 0 unspecified atom stereocenters. The number of thiazole rings is 1. The van der Waals surface area contributed by atoms with Gasteiger partial charge in [-0.25, -0.2) is 9.78 Å². The fourth-order valence-corrected chi connectivity index (χ4v) is 2.15. The molecule has 1 heterocycles. The lowest BCUT2D eigenvalue weighted by Crippen LogP contribution is -2.32. The summed E-state index contributed by atoms with van der Waals surface area (Å²) in [7, 11) is 2.88. The fourth-order valence-electron chi connectivity index (χ4n) is 1.27. The number of hydrogen-bond acceptors (Lipinski definition) is 7. The van der Waals surface area contributed by atoms with Gasteiger partial charge in [0.05, 0.1) is 26.0 Å². The summed E-state index contributed by atoms with van der Waals surface area (Å²) in [6.07, 6.45) is 0. The molecule has 0 aliphatic rings. The number of ether oxygens (including phenoxy) is 2. The van der Waals surface area contributed by atoms with Crippen LogP contribution in [0.3, 0.4) is 0 Å². The molecular formula is C11H17N3O4S. The standard InChI is InChI=1S/C11H17N3O4S/c1-7-9(10(16)18-3)19-11(14-7)13-6-8(15)12-4-5-17-2/h4-6H2,1-3H3,(H,12,15)(H,13,14). The Hall–Kier alpha value is -1.67. The molecular weight excluding hydrogens is 270 g/mol. The number of carbonyl (C=O) groups is 2. The maximum absolute atomic E-state index is 11.4. The molecule has 0 saturated carbocycles. The molecule has 0 bridgehead atoms. The Labute approximate surface area is 115 Å². The average Bonchev–Trinajstić information content (AvgIpc) is 2.77. The number of aryl methyl sites for hydroxylation is 1. The Morgan fingerprint density at radius 3 is 2.74 bits per heavy atom. The summed E-state index contributed by atoms with van der Waals surface area (Å²) >= 11 is 1.16. The molecule has 8 heteroatoms. The van der Waals surface area contributed by atoms with Crippen molar-refractivity contribution in [1.82, 2.24) is 10.3 Å². The van der Waals surface area contributed by atoms with Crippen molar-refractivity contribution in [1.29, 1.82) is 0 Å². The molecule has 106 valence electrons. The highest BCUT2D eigenvalue weighted by molar-refractivity contribution is 7.17. The average molecular weight is 287 g/mol. The van der Waals surface area contributed by atoms with Gasteiger partial charge in [0.2, 0.25) is 5.91 Å². The molecule has 0 spiro atoms. The number of aromatic nitrogens is 1. The van der Waals surface area contributed by atoms with E-state index in [0.717, 1.165) is 11.3 Å². The molecule has 2 N–H and O–H groups in total. The third kappa shape index (κ3) is 4.84. The SMILES string of the molecule is COCCNC(=O)CNc1nc(C)c(C(=O)OC)s1. The molecule has 0 aliphatic carbocycles. The van der Waals surface area contributed by atoms with E-state index in [-0.39, 0.29) is 12.5 Å². The number of nitrogens with zero attached hydrogens (tertiary/aromatic N) is 1. The Kier molecular flexibility index (Phi) is 6.23. The van der Waals surface area contributed by atoms with Crippen LogP contribution in [0, 0.1) is 6.92 Å². The van der Waals surface area contributed by atoms with Crippen molar-refractivity contribution in [3.63, 3.8) is 0 Å². The van der Waals surface area contributed by atoms with Crippen LogP contribution in [-0.2, 0) is 14.3 Å². The van der Waals surface area contributed by atoms with E-state index in [1.54, 1.807) is 14.0 Å². The molecule has 0 aromatic carbocycles. The van der Waals surface area contributed by atoms with Crippen LogP contribution in [0.25, 0.3) is 0 Å². The van der Waals surface area contributed by atoms with Gasteiger partial charge in [0.1, 0.15) is 4.88 Å². The smallest absolute Gasteiger partial charge is 0.350 e. The predicted molar refractivity (Wildman–Crippen MR) is 71.6 cm³/mol. The second-order valence-electron chi connectivity index (χ2n) is 3.62. The van der Waals surface area contributed by atoms with E-state index >= 15 is 0 Å². The molecule has 7 nitrogen and oxygen atoms in total. The first-order chi connectivity index (χ1) is 9.08. The van der Waals surface area contributed by atoms with Gasteiger partial charge >= 0.3 is 5.97 Å². The van der Waals surface area contributed by atoms with E-state index in [2.05, 4.69) is 20.4 Å². The molecule has 0 radical (unpaired) electrons. The zero-order valence-electron chi connectivity index (χ0n) is 11.1. The summed E-state index contributed by atoms with van der Waals surface area (Å²) in [4.78, 5) is 27.4. The Morgan fingerprint density at radius 1 is 1.37 bits per heavy atom. The Bertz CT molecular complexity index is 447. The summed E-state index contributed by atoms with van der Waals surface area (Å²) in [6.45, 7) is 2.74. The van der Waals surface area contributed by atoms with Gasteiger partial charge in [-0.15, -0.1) is 0 Å². The zero-order valence-corrected chi connectivity index (χ0v) is 11.9. The molecule has 1 aromatic heterocycles. The van der Waals surface area contributed by atoms with Gasteiger partial charge in [-0.05, 0) is 6.92 Å². The van der Waals surface area contributed by atoms with Crippen LogP contribution in [0.1, 0.15) is 15.4 Å². The molecule has 19 heavy (non-hydrogen) atoms. The maximum atomic E-state index is 11.4. The predicted octanol–water partition coefficient (Wildman–Crippen LogP) is 0.413. The van der Waals surface area contributed by atoms with Crippen LogP contribution >= 0.6 is 11.3 Å². The van der Waals surface area contributed by atoms with Crippen molar-refractivity contribution < 1.29 is 19.1 Å². The minimum atomic E-state index is -0.424. The molecule has 1 aromatic rings. The van der Waals surface area contributed by atoms with Gasteiger partial charge < -0.3 is 20.1 Å². The molecule has 0 aliphatic heterocycles. The molecule has 1 amide bonds. The van der Waals surface area contributed by atoms with Crippen molar-refractivity contribution in [3.8, 4) is 0 Å². The second kappa shape index (κ2) is 7.70. The maximum Gasteiger partial charge on any atom is 0.350 e. The number of anilines is 1. The quantitative estimate of drug-likeness (QED) is 0.558. The first-order valence-corrected chi connectivity index (χ1v) is 6.45. The van der Waals surface area contributed by atoms with Gasteiger partial charge in [-0.3, -0.25) is 4.79 Å². The fraction of sp³-hybridized carbons (Fsp3) is 0.545. The van der Waals surface area contributed by atoms with E-state index in [1.807, 2.05) is 0 Å². The van der Waals surface area contributed by atoms with Crippen molar-refractivity contribution in [2.45, 2.75) is 6.92 Å². The number of amides is 1. The minimum Gasteiger partial charge on any atom is -0.465 e. The first-order valence-electron chi connectivity index (χ1n) is 5.63. The minimum absolute atomic E-state index is 0.0945. The van der Waals surface area contributed by atoms with Gasteiger partial charge in [0.25, 0.3) is 0 Å². The number of rotatable bonds is 7. The van der Waals surface area contributed by atoms with E-state index in [1.165, 1.54) is 7.11 Å². The van der Waals surface area contributed by atoms with E-state index in [9.17, 15) is 9.59 Å². The highest BCUT2D eigenvalue weighted by atomic mass is 32.1. The lowest BCUT2D eigenvalue weighted by Gasteiger charge is -2.04. The van der Waals surface area contributed by atoms with Crippen LogP contribution < -0.4 is 10.6 Å². The number of methoxy groups -OCH3 is 2. The number of nitrogens with one attached hydrogen (secondary N) is 2. The summed E-state index contributed by atoms with van der Waals surface area (Å²) in [5.41, 5.74) is 0.583. The third-order valence-electron chi connectivity index (χ3n) is 2.20. The Morgan fingerprint density at radius 2 is 2.11 bits per heavy atom. The van der Waals surface area contributed by atoms with Crippen LogP contribution in [0.15, 0.2) is 0 Å².